The first kappa shape index (κ1) is 21.0. The van der Waals surface area contributed by atoms with Crippen molar-refractivity contribution in [2.75, 3.05) is 25.0 Å². The SMILES string of the molecule is O=COCCC(=O)NCCNc1cccc2c1C(=O)N(C1CCC(=O)NC1=O)C2=O. The Morgan fingerprint density at radius 1 is 1.20 bits per heavy atom. The standard InChI is InChI=1S/C19H20N4O7/c24-10-30-9-6-14(25)21-8-7-20-12-3-1-2-11-16(12)19(29)23(18(11)28)13-4-5-15(26)22-17(13)27/h1-3,10,13,20H,4-9H2,(H,21,25)(H,22,26,27). The highest BCUT2D eigenvalue weighted by atomic mass is 16.5. The molecule has 30 heavy (non-hydrogen) atoms. The Morgan fingerprint density at radius 2 is 2.00 bits per heavy atom. The fraction of sp³-hybridized carbons (Fsp3) is 0.368. The number of imide groups is 2. The Hall–Kier alpha value is -3.76. The molecular weight excluding hydrogens is 396 g/mol. The van der Waals surface area contributed by atoms with Crippen molar-refractivity contribution in [3.8, 4) is 0 Å². The van der Waals surface area contributed by atoms with E-state index in [0.717, 1.165) is 4.90 Å². The highest BCUT2D eigenvalue weighted by Crippen LogP contribution is 2.32. The lowest BCUT2D eigenvalue weighted by Gasteiger charge is -2.27. The Bertz CT molecular complexity index is 914. The van der Waals surface area contributed by atoms with Crippen molar-refractivity contribution in [3.05, 3.63) is 29.3 Å². The molecule has 1 aromatic carbocycles. The van der Waals surface area contributed by atoms with Crippen LogP contribution in [0.25, 0.3) is 0 Å². The van der Waals surface area contributed by atoms with Crippen molar-refractivity contribution >= 4 is 41.7 Å². The molecule has 1 unspecified atom stereocenters. The summed E-state index contributed by atoms with van der Waals surface area (Å²) in [5.74, 6) is -2.60. The molecule has 1 atom stereocenters. The average Bonchev–Trinajstić information content (AvgIpc) is 2.97. The number of benzene rings is 1. The van der Waals surface area contributed by atoms with Crippen LogP contribution in [-0.4, -0.2) is 66.6 Å². The second-order valence-electron chi connectivity index (χ2n) is 6.67. The largest absolute Gasteiger partial charge is 0.467 e. The van der Waals surface area contributed by atoms with Gasteiger partial charge in [-0.05, 0) is 18.6 Å². The summed E-state index contributed by atoms with van der Waals surface area (Å²) < 4.78 is 4.45. The zero-order valence-corrected chi connectivity index (χ0v) is 15.9. The van der Waals surface area contributed by atoms with Gasteiger partial charge in [0.05, 0.1) is 24.2 Å². The monoisotopic (exact) mass is 416 g/mol. The molecule has 158 valence electrons. The molecule has 0 saturated carbocycles. The van der Waals surface area contributed by atoms with Gasteiger partial charge < -0.3 is 15.4 Å². The van der Waals surface area contributed by atoms with Crippen molar-refractivity contribution in [1.82, 2.24) is 15.5 Å². The molecule has 0 aromatic heterocycles. The normalized spacial score (nSPS) is 18.0. The Labute approximate surface area is 171 Å². The van der Waals surface area contributed by atoms with Crippen LogP contribution in [0.3, 0.4) is 0 Å². The van der Waals surface area contributed by atoms with Crippen LogP contribution in [0.15, 0.2) is 18.2 Å². The molecule has 3 N–H and O–H groups in total. The molecule has 5 amide bonds. The number of nitrogens with one attached hydrogen (secondary N) is 3. The van der Waals surface area contributed by atoms with E-state index in [9.17, 15) is 28.8 Å². The second kappa shape index (κ2) is 9.16. The van der Waals surface area contributed by atoms with Gasteiger partial charge in [0.1, 0.15) is 6.04 Å². The van der Waals surface area contributed by atoms with E-state index in [1.807, 2.05) is 0 Å². The Balaban J connectivity index is 1.64. The summed E-state index contributed by atoms with van der Waals surface area (Å²) in [6.45, 7) is 0.766. The quantitative estimate of drug-likeness (QED) is 0.268. The maximum Gasteiger partial charge on any atom is 0.293 e. The number of carbonyl (C=O) groups excluding carboxylic acids is 6. The zero-order chi connectivity index (χ0) is 21.7. The third kappa shape index (κ3) is 4.29. The van der Waals surface area contributed by atoms with Gasteiger partial charge in [0.25, 0.3) is 18.3 Å². The molecule has 11 heteroatoms. The summed E-state index contributed by atoms with van der Waals surface area (Å²) >= 11 is 0. The van der Waals surface area contributed by atoms with Crippen LogP contribution in [0.4, 0.5) is 5.69 Å². The van der Waals surface area contributed by atoms with Crippen LogP contribution in [-0.2, 0) is 23.9 Å². The maximum absolute atomic E-state index is 12.9. The Kier molecular flexibility index (Phi) is 6.40. The fourth-order valence-electron chi connectivity index (χ4n) is 3.35. The van der Waals surface area contributed by atoms with E-state index in [2.05, 4.69) is 20.7 Å². The molecule has 2 aliphatic heterocycles. The topological polar surface area (TPSA) is 151 Å². The summed E-state index contributed by atoms with van der Waals surface area (Å²) in [6.07, 6.45) is 0.165. The van der Waals surface area contributed by atoms with Gasteiger partial charge in [-0.2, -0.15) is 0 Å². The number of hydrogen-bond acceptors (Lipinski definition) is 8. The minimum Gasteiger partial charge on any atom is -0.467 e. The number of carbonyl (C=O) groups is 6. The van der Waals surface area contributed by atoms with Crippen LogP contribution in [0.1, 0.15) is 40.0 Å². The minimum atomic E-state index is -1.03. The molecule has 0 bridgehead atoms. The zero-order valence-electron chi connectivity index (χ0n) is 15.9. The number of rotatable bonds is 9. The van der Waals surface area contributed by atoms with Gasteiger partial charge in [-0.3, -0.25) is 39.0 Å². The molecule has 11 nitrogen and oxygen atoms in total. The number of piperidine rings is 1. The first-order valence-electron chi connectivity index (χ1n) is 9.34. The third-order valence-corrected chi connectivity index (χ3v) is 4.75. The minimum absolute atomic E-state index is 0.0122. The molecule has 2 aliphatic rings. The molecule has 2 heterocycles. The van der Waals surface area contributed by atoms with Crippen LogP contribution >= 0.6 is 0 Å². The average molecular weight is 416 g/mol. The molecule has 1 aromatic rings. The number of hydrogen-bond donors (Lipinski definition) is 3. The van der Waals surface area contributed by atoms with Crippen LogP contribution in [0.5, 0.6) is 0 Å². The van der Waals surface area contributed by atoms with Gasteiger partial charge in [-0.25, -0.2) is 0 Å². The third-order valence-electron chi connectivity index (χ3n) is 4.75. The first-order valence-corrected chi connectivity index (χ1v) is 9.34. The molecule has 0 aliphatic carbocycles. The predicted octanol–water partition coefficient (Wildman–Crippen LogP) is -0.821. The van der Waals surface area contributed by atoms with Crippen molar-refractivity contribution in [2.24, 2.45) is 0 Å². The fourth-order valence-corrected chi connectivity index (χ4v) is 3.35. The number of ether oxygens (including phenoxy) is 1. The van der Waals surface area contributed by atoms with E-state index in [1.54, 1.807) is 12.1 Å². The van der Waals surface area contributed by atoms with Crippen molar-refractivity contribution in [3.63, 3.8) is 0 Å². The summed E-state index contributed by atoms with van der Waals surface area (Å²) in [7, 11) is 0. The van der Waals surface area contributed by atoms with Gasteiger partial charge in [0.15, 0.2) is 0 Å². The van der Waals surface area contributed by atoms with Crippen LogP contribution in [0, 0.1) is 0 Å². The van der Waals surface area contributed by atoms with Gasteiger partial charge in [-0.1, -0.05) is 6.07 Å². The summed E-state index contributed by atoms with van der Waals surface area (Å²) in [5, 5.41) is 7.78. The smallest absolute Gasteiger partial charge is 0.293 e. The number of fused-ring (bicyclic) bond motifs is 1. The lowest BCUT2D eigenvalue weighted by atomic mass is 10.0. The lowest BCUT2D eigenvalue weighted by Crippen LogP contribution is -2.54. The first-order chi connectivity index (χ1) is 14.4. The molecule has 0 spiro atoms. The highest BCUT2D eigenvalue weighted by molar-refractivity contribution is 6.25. The van der Waals surface area contributed by atoms with E-state index in [-0.39, 0.29) is 62.5 Å². The van der Waals surface area contributed by atoms with Gasteiger partial charge in [0.2, 0.25) is 17.7 Å². The molecule has 1 fully saturated rings. The van der Waals surface area contributed by atoms with Gasteiger partial charge in [-0.15, -0.1) is 0 Å². The van der Waals surface area contributed by atoms with Crippen molar-refractivity contribution in [2.45, 2.75) is 25.3 Å². The number of anilines is 1. The maximum atomic E-state index is 12.9. The summed E-state index contributed by atoms with van der Waals surface area (Å²) in [6, 6.07) is 3.70. The number of nitrogens with zero attached hydrogens (tertiary/aromatic N) is 1. The van der Waals surface area contributed by atoms with E-state index in [1.165, 1.54) is 6.07 Å². The van der Waals surface area contributed by atoms with E-state index in [4.69, 9.17) is 0 Å². The van der Waals surface area contributed by atoms with E-state index >= 15 is 0 Å². The van der Waals surface area contributed by atoms with E-state index < -0.39 is 29.7 Å². The van der Waals surface area contributed by atoms with Gasteiger partial charge in [0, 0.05) is 25.2 Å². The summed E-state index contributed by atoms with van der Waals surface area (Å²) in [5.41, 5.74) is 0.724. The molecule has 3 rings (SSSR count). The second-order valence-corrected chi connectivity index (χ2v) is 6.67. The van der Waals surface area contributed by atoms with Gasteiger partial charge >= 0.3 is 0 Å². The van der Waals surface area contributed by atoms with Crippen molar-refractivity contribution in [1.29, 1.82) is 0 Å². The predicted molar refractivity (Wildman–Crippen MR) is 101 cm³/mol. The summed E-state index contributed by atoms with van der Waals surface area (Å²) in [4.78, 5) is 71.7. The highest BCUT2D eigenvalue weighted by Gasteiger charge is 2.45. The Morgan fingerprint density at radius 3 is 2.73 bits per heavy atom. The van der Waals surface area contributed by atoms with E-state index in [0.29, 0.717) is 5.69 Å². The lowest BCUT2D eigenvalue weighted by molar-refractivity contribution is -0.136. The molecule has 0 radical (unpaired) electrons. The van der Waals surface area contributed by atoms with Crippen LogP contribution in [0.2, 0.25) is 0 Å². The van der Waals surface area contributed by atoms with Crippen LogP contribution < -0.4 is 16.0 Å². The number of amides is 5. The molecular formula is C19H20N4O7. The van der Waals surface area contributed by atoms with Crippen molar-refractivity contribution < 1.29 is 33.5 Å². The molecule has 1 saturated heterocycles.